The average molecular weight is 393 g/mol. The molecule has 0 aliphatic carbocycles. The van der Waals surface area contributed by atoms with Crippen LogP contribution in [0, 0.1) is 0 Å². The van der Waals surface area contributed by atoms with E-state index in [2.05, 4.69) is 5.32 Å². The van der Waals surface area contributed by atoms with Gasteiger partial charge in [-0.15, -0.1) is 11.8 Å². The lowest BCUT2D eigenvalue weighted by molar-refractivity contribution is -0.124. The molecule has 2 aromatic rings. The van der Waals surface area contributed by atoms with Crippen LogP contribution in [0.2, 0.25) is 10.0 Å². The Kier molecular flexibility index (Phi) is 4.40. The van der Waals surface area contributed by atoms with E-state index in [1.165, 1.54) is 0 Å². The molecule has 7 heteroatoms. The first kappa shape index (κ1) is 16.8. The number of hydrogen-bond donors (Lipinski definition) is 1. The number of carbonyl (C=O) groups is 2. The number of fused-ring (bicyclic) bond motifs is 3. The van der Waals surface area contributed by atoms with Crippen molar-refractivity contribution < 1.29 is 9.59 Å². The van der Waals surface area contributed by atoms with Crippen molar-refractivity contribution in [2.45, 2.75) is 18.0 Å². The van der Waals surface area contributed by atoms with Crippen LogP contribution in [-0.2, 0) is 11.3 Å². The van der Waals surface area contributed by atoms with Gasteiger partial charge < -0.3 is 10.2 Å². The van der Waals surface area contributed by atoms with Crippen molar-refractivity contribution >= 4 is 46.8 Å². The highest BCUT2D eigenvalue weighted by atomic mass is 35.5. The molecule has 4 nitrogen and oxygen atoms in total. The minimum Gasteiger partial charge on any atom is -0.350 e. The van der Waals surface area contributed by atoms with Crippen molar-refractivity contribution in [3.05, 3.63) is 69.2 Å². The minimum absolute atomic E-state index is 0.0653. The number of hydrogen-bond acceptors (Lipinski definition) is 3. The third-order valence-corrected chi connectivity index (χ3v) is 6.49. The van der Waals surface area contributed by atoms with Gasteiger partial charge in [0.05, 0.1) is 10.0 Å². The number of halogens is 2. The second-order valence-corrected chi connectivity index (χ2v) is 7.90. The fourth-order valence-electron chi connectivity index (χ4n) is 3.20. The third kappa shape index (κ3) is 2.90. The van der Waals surface area contributed by atoms with Gasteiger partial charge in [0.15, 0.2) is 0 Å². The quantitative estimate of drug-likeness (QED) is 0.861. The topological polar surface area (TPSA) is 49.4 Å². The summed E-state index contributed by atoms with van der Waals surface area (Å²) in [5, 5.41) is 3.77. The van der Waals surface area contributed by atoms with Crippen LogP contribution in [0.5, 0.6) is 0 Å². The summed E-state index contributed by atoms with van der Waals surface area (Å²) in [5.74, 6) is 0.375. The number of rotatable bonds is 3. The molecule has 4 rings (SSSR count). The van der Waals surface area contributed by atoms with E-state index in [9.17, 15) is 9.59 Å². The van der Waals surface area contributed by atoms with Crippen LogP contribution < -0.4 is 5.32 Å². The van der Waals surface area contributed by atoms with Gasteiger partial charge in [0.1, 0.15) is 11.4 Å². The fraction of sp³-hybridized carbons (Fsp3) is 0.222. The second-order valence-electron chi connectivity index (χ2n) is 5.97. The van der Waals surface area contributed by atoms with Crippen LogP contribution >= 0.6 is 35.0 Å². The Hall–Kier alpha value is -1.69. The molecule has 128 valence electrons. The standard InChI is InChI=1S/C18H14Cl2N2O2S/c19-13-6-5-10(7-14(13)20)8-21-16(23)15-9-25-18-12-4-2-1-3-11(12)17(24)22(15)18/h1-7,15,18H,8-9H2,(H,21,23). The minimum atomic E-state index is -0.460. The van der Waals surface area contributed by atoms with E-state index >= 15 is 0 Å². The Morgan fingerprint density at radius 2 is 2.00 bits per heavy atom. The highest BCUT2D eigenvalue weighted by molar-refractivity contribution is 7.99. The first-order chi connectivity index (χ1) is 12.1. The van der Waals surface area contributed by atoms with Crippen LogP contribution in [-0.4, -0.2) is 28.5 Å². The van der Waals surface area contributed by atoms with Crippen molar-refractivity contribution in [1.82, 2.24) is 10.2 Å². The molecule has 0 saturated carbocycles. The maximum atomic E-state index is 12.6. The summed E-state index contributed by atoms with van der Waals surface area (Å²) >= 11 is 13.5. The van der Waals surface area contributed by atoms with Gasteiger partial charge in [-0.2, -0.15) is 0 Å². The first-order valence-corrected chi connectivity index (χ1v) is 9.61. The molecule has 0 bridgehead atoms. The summed E-state index contributed by atoms with van der Waals surface area (Å²) in [5.41, 5.74) is 2.56. The molecule has 1 saturated heterocycles. The van der Waals surface area contributed by atoms with Crippen molar-refractivity contribution in [2.24, 2.45) is 0 Å². The number of benzene rings is 2. The Morgan fingerprint density at radius 3 is 2.80 bits per heavy atom. The molecule has 1 fully saturated rings. The number of amides is 2. The molecule has 0 aromatic heterocycles. The molecule has 2 aromatic carbocycles. The van der Waals surface area contributed by atoms with Gasteiger partial charge in [-0.3, -0.25) is 9.59 Å². The van der Waals surface area contributed by atoms with Crippen LogP contribution in [0.25, 0.3) is 0 Å². The molecule has 2 atom stereocenters. The lowest BCUT2D eigenvalue weighted by Gasteiger charge is -2.22. The zero-order chi connectivity index (χ0) is 17.6. The predicted molar refractivity (Wildman–Crippen MR) is 99.9 cm³/mol. The maximum absolute atomic E-state index is 12.6. The maximum Gasteiger partial charge on any atom is 0.256 e. The van der Waals surface area contributed by atoms with Gasteiger partial charge in [-0.1, -0.05) is 47.5 Å². The van der Waals surface area contributed by atoms with Crippen LogP contribution in [0.4, 0.5) is 0 Å². The molecule has 0 spiro atoms. The summed E-state index contributed by atoms with van der Waals surface area (Å²) < 4.78 is 0. The fourth-order valence-corrected chi connectivity index (χ4v) is 4.98. The summed E-state index contributed by atoms with van der Waals surface area (Å²) in [6, 6.07) is 12.3. The molecular formula is C18H14Cl2N2O2S. The first-order valence-electron chi connectivity index (χ1n) is 7.81. The van der Waals surface area contributed by atoms with Crippen molar-refractivity contribution in [2.75, 3.05) is 5.75 Å². The van der Waals surface area contributed by atoms with Crippen LogP contribution in [0.3, 0.4) is 0 Å². The summed E-state index contributed by atoms with van der Waals surface area (Å²) in [6.07, 6.45) is 0. The second kappa shape index (κ2) is 6.56. The third-order valence-electron chi connectivity index (χ3n) is 4.45. The van der Waals surface area contributed by atoms with E-state index in [-0.39, 0.29) is 17.2 Å². The van der Waals surface area contributed by atoms with E-state index in [1.807, 2.05) is 30.3 Å². The zero-order valence-corrected chi connectivity index (χ0v) is 15.4. The number of thioether (sulfide) groups is 1. The molecule has 2 amide bonds. The van der Waals surface area contributed by atoms with Crippen LogP contribution in [0.1, 0.15) is 26.9 Å². The molecular weight excluding hydrogens is 379 g/mol. The predicted octanol–water partition coefficient (Wildman–Crippen LogP) is 3.88. The van der Waals surface area contributed by atoms with Gasteiger partial charge >= 0.3 is 0 Å². The number of nitrogens with one attached hydrogen (secondary N) is 1. The summed E-state index contributed by atoms with van der Waals surface area (Å²) in [4.78, 5) is 27.0. The van der Waals surface area contributed by atoms with E-state index in [4.69, 9.17) is 23.2 Å². The molecule has 2 aliphatic heterocycles. The van der Waals surface area contributed by atoms with E-state index < -0.39 is 6.04 Å². The SMILES string of the molecule is O=C(NCc1ccc(Cl)c(Cl)c1)C1CSC2c3ccccc3C(=O)N12. The van der Waals surface area contributed by atoms with Gasteiger partial charge in [0, 0.05) is 17.9 Å². The van der Waals surface area contributed by atoms with Gasteiger partial charge in [0.25, 0.3) is 5.91 Å². The highest BCUT2D eigenvalue weighted by Crippen LogP contribution is 2.48. The monoisotopic (exact) mass is 392 g/mol. The molecule has 2 heterocycles. The number of carbonyl (C=O) groups excluding carboxylic acids is 2. The van der Waals surface area contributed by atoms with Crippen molar-refractivity contribution in [3.8, 4) is 0 Å². The smallest absolute Gasteiger partial charge is 0.256 e. The van der Waals surface area contributed by atoms with Gasteiger partial charge in [-0.25, -0.2) is 0 Å². The van der Waals surface area contributed by atoms with Crippen LogP contribution in [0.15, 0.2) is 42.5 Å². The average Bonchev–Trinajstić information content (AvgIpc) is 3.17. The molecule has 1 N–H and O–H groups in total. The van der Waals surface area contributed by atoms with Gasteiger partial charge in [-0.05, 0) is 29.3 Å². The van der Waals surface area contributed by atoms with Crippen molar-refractivity contribution in [3.63, 3.8) is 0 Å². The largest absolute Gasteiger partial charge is 0.350 e. The summed E-state index contributed by atoms with van der Waals surface area (Å²) in [7, 11) is 0. The zero-order valence-electron chi connectivity index (χ0n) is 13.0. The van der Waals surface area contributed by atoms with E-state index in [0.29, 0.717) is 27.9 Å². The molecule has 2 aliphatic rings. The lowest BCUT2D eigenvalue weighted by Crippen LogP contribution is -2.45. The Morgan fingerprint density at radius 1 is 1.20 bits per heavy atom. The van der Waals surface area contributed by atoms with E-state index in [1.54, 1.807) is 28.8 Å². The van der Waals surface area contributed by atoms with E-state index in [0.717, 1.165) is 11.1 Å². The number of nitrogens with zero attached hydrogens (tertiary/aromatic N) is 1. The molecule has 2 unspecified atom stereocenters. The Balaban J connectivity index is 1.47. The Bertz CT molecular complexity index is 874. The summed E-state index contributed by atoms with van der Waals surface area (Å²) in [6.45, 7) is 0.344. The van der Waals surface area contributed by atoms with Gasteiger partial charge in [0.2, 0.25) is 5.91 Å². The normalized spacial score (nSPS) is 21.2. The highest BCUT2D eigenvalue weighted by Gasteiger charge is 2.48. The lowest BCUT2D eigenvalue weighted by atomic mass is 10.1. The molecule has 25 heavy (non-hydrogen) atoms. The van der Waals surface area contributed by atoms with Crippen molar-refractivity contribution in [1.29, 1.82) is 0 Å². The Labute approximate surface area is 159 Å². The molecule has 0 radical (unpaired) electrons.